The van der Waals surface area contributed by atoms with Crippen LogP contribution in [-0.2, 0) is 9.53 Å². The van der Waals surface area contributed by atoms with Gasteiger partial charge in [0.05, 0.1) is 6.61 Å². The molecule has 2 unspecified atom stereocenters. The van der Waals surface area contributed by atoms with Gasteiger partial charge in [-0.3, -0.25) is 0 Å². The van der Waals surface area contributed by atoms with E-state index in [0.717, 1.165) is 16.3 Å². The van der Waals surface area contributed by atoms with Gasteiger partial charge in [-0.15, -0.1) is 0 Å². The summed E-state index contributed by atoms with van der Waals surface area (Å²) < 4.78 is 5.64. The van der Waals surface area contributed by atoms with Crippen molar-refractivity contribution in [1.29, 1.82) is 0 Å². The van der Waals surface area contributed by atoms with Gasteiger partial charge < -0.3 is 4.74 Å². The van der Waals surface area contributed by atoms with Crippen molar-refractivity contribution in [1.82, 2.24) is 0 Å². The number of rotatable bonds is 4. The first-order valence-corrected chi connectivity index (χ1v) is 6.44. The monoisotopic (exact) mass is 308 g/mol. The maximum atomic E-state index is 11.0. The van der Waals surface area contributed by atoms with Gasteiger partial charge >= 0.3 is 5.97 Å². The van der Waals surface area contributed by atoms with E-state index < -0.39 is 0 Å². The van der Waals surface area contributed by atoms with Crippen LogP contribution < -0.4 is 0 Å². The summed E-state index contributed by atoms with van der Waals surface area (Å²) in [5.41, 5.74) is 0. The third-order valence-corrected chi connectivity index (χ3v) is 3.62. The molecule has 0 amide bonds. The fraction of sp³-hybridized carbons (Fsp3) is 0.727. The second kappa shape index (κ2) is 6.43. The van der Waals surface area contributed by atoms with E-state index in [-0.39, 0.29) is 5.97 Å². The lowest BCUT2D eigenvalue weighted by atomic mass is 10.0. The Balaban J connectivity index is 2.16. The van der Waals surface area contributed by atoms with E-state index in [4.69, 9.17) is 4.74 Å². The summed E-state index contributed by atoms with van der Waals surface area (Å²) in [6.07, 6.45) is 8.48. The maximum absolute atomic E-state index is 11.0. The highest BCUT2D eigenvalue weighted by Crippen LogP contribution is 2.33. The van der Waals surface area contributed by atoms with Crippen molar-refractivity contribution in [3.63, 3.8) is 0 Å². The molecule has 80 valence electrons. The van der Waals surface area contributed by atoms with Crippen molar-refractivity contribution in [2.24, 2.45) is 5.92 Å². The first kappa shape index (κ1) is 12.0. The van der Waals surface area contributed by atoms with Gasteiger partial charge in [0.15, 0.2) is 0 Å². The summed E-state index contributed by atoms with van der Waals surface area (Å²) in [5.74, 6) is 0.569. The van der Waals surface area contributed by atoms with Gasteiger partial charge in [0.2, 0.25) is 0 Å². The standard InChI is InChI=1S/C11H17IO2/c1-2-14-11(13)5-3-4-9-6-7-10(12)8-9/h3,5,9-10H,2,4,6-8H2,1H3/b5-3+. The van der Waals surface area contributed by atoms with Crippen LogP contribution in [0.2, 0.25) is 0 Å². The first-order chi connectivity index (χ1) is 6.72. The molecule has 0 aliphatic heterocycles. The third-order valence-electron chi connectivity index (χ3n) is 2.49. The number of hydrogen-bond donors (Lipinski definition) is 0. The highest BCUT2D eigenvalue weighted by molar-refractivity contribution is 14.1. The minimum Gasteiger partial charge on any atom is -0.463 e. The van der Waals surface area contributed by atoms with Gasteiger partial charge in [-0.2, -0.15) is 0 Å². The summed E-state index contributed by atoms with van der Waals surface area (Å²) in [5, 5.41) is 0. The molecule has 1 aliphatic carbocycles. The van der Waals surface area contributed by atoms with Crippen molar-refractivity contribution < 1.29 is 9.53 Å². The molecular formula is C11H17IO2. The zero-order valence-electron chi connectivity index (χ0n) is 8.54. The van der Waals surface area contributed by atoms with Crippen LogP contribution in [0.15, 0.2) is 12.2 Å². The fourth-order valence-electron chi connectivity index (χ4n) is 1.78. The van der Waals surface area contributed by atoms with Gasteiger partial charge in [-0.1, -0.05) is 28.7 Å². The lowest BCUT2D eigenvalue weighted by molar-refractivity contribution is -0.137. The molecule has 1 aliphatic rings. The van der Waals surface area contributed by atoms with E-state index in [1.165, 1.54) is 19.3 Å². The zero-order chi connectivity index (χ0) is 10.4. The van der Waals surface area contributed by atoms with Crippen molar-refractivity contribution in [2.45, 2.75) is 36.5 Å². The molecule has 1 saturated carbocycles. The minimum atomic E-state index is -0.212. The second-order valence-electron chi connectivity index (χ2n) is 3.67. The largest absolute Gasteiger partial charge is 0.463 e. The van der Waals surface area contributed by atoms with Gasteiger partial charge in [-0.05, 0) is 38.5 Å². The average molecular weight is 308 g/mol. The van der Waals surface area contributed by atoms with E-state index in [9.17, 15) is 4.79 Å². The summed E-state index contributed by atoms with van der Waals surface area (Å²) >= 11 is 2.51. The number of carbonyl (C=O) groups excluding carboxylic acids is 1. The van der Waals surface area contributed by atoms with Gasteiger partial charge in [0.1, 0.15) is 0 Å². The average Bonchev–Trinajstić information content (AvgIpc) is 2.52. The predicted molar refractivity (Wildman–Crippen MR) is 65.5 cm³/mol. The van der Waals surface area contributed by atoms with Crippen LogP contribution >= 0.6 is 22.6 Å². The van der Waals surface area contributed by atoms with Crippen LogP contribution in [0.1, 0.15) is 32.6 Å². The molecule has 1 fully saturated rings. The highest BCUT2D eigenvalue weighted by Gasteiger charge is 2.20. The summed E-state index contributed by atoms with van der Waals surface area (Å²) in [4.78, 5) is 11.0. The van der Waals surface area contributed by atoms with Crippen LogP contribution in [0.25, 0.3) is 0 Å². The Morgan fingerprint density at radius 2 is 2.36 bits per heavy atom. The van der Waals surface area contributed by atoms with Gasteiger partial charge in [0, 0.05) is 10.0 Å². The maximum Gasteiger partial charge on any atom is 0.330 e. The Morgan fingerprint density at radius 3 is 2.93 bits per heavy atom. The van der Waals surface area contributed by atoms with Crippen LogP contribution in [0.3, 0.4) is 0 Å². The smallest absolute Gasteiger partial charge is 0.330 e. The van der Waals surface area contributed by atoms with Crippen molar-refractivity contribution in [3.8, 4) is 0 Å². The Bertz CT molecular complexity index is 213. The molecule has 0 aromatic heterocycles. The zero-order valence-corrected chi connectivity index (χ0v) is 10.7. The van der Waals surface area contributed by atoms with E-state index in [1.807, 2.05) is 13.0 Å². The Morgan fingerprint density at radius 1 is 1.57 bits per heavy atom. The van der Waals surface area contributed by atoms with E-state index >= 15 is 0 Å². The molecule has 0 spiro atoms. The number of ether oxygens (including phenoxy) is 1. The molecule has 1 rings (SSSR count). The lowest BCUT2D eigenvalue weighted by Crippen LogP contribution is -1.99. The molecular weight excluding hydrogens is 291 g/mol. The van der Waals surface area contributed by atoms with Crippen molar-refractivity contribution in [2.75, 3.05) is 6.61 Å². The Kier molecular flexibility index (Phi) is 5.52. The molecule has 14 heavy (non-hydrogen) atoms. The quantitative estimate of drug-likeness (QED) is 0.345. The number of esters is 1. The molecule has 0 radical (unpaired) electrons. The number of hydrogen-bond acceptors (Lipinski definition) is 2. The molecule has 0 aromatic carbocycles. The predicted octanol–water partition coefficient (Wildman–Crippen LogP) is 3.10. The molecule has 0 saturated heterocycles. The van der Waals surface area contributed by atoms with E-state index in [0.29, 0.717) is 6.61 Å². The molecule has 0 N–H and O–H groups in total. The van der Waals surface area contributed by atoms with Crippen molar-refractivity contribution >= 4 is 28.6 Å². The van der Waals surface area contributed by atoms with Crippen LogP contribution in [0, 0.1) is 5.92 Å². The topological polar surface area (TPSA) is 26.3 Å². The SMILES string of the molecule is CCOC(=O)/C=C/CC1CCC(I)C1. The molecule has 0 bridgehead atoms. The lowest BCUT2D eigenvalue weighted by Gasteiger charge is -2.03. The molecule has 2 nitrogen and oxygen atoms in total. The number of halogens is 1. The molecule has 3 heteroatoms. The van der Waals surface area contributed by atoms with Crippen molar-refractivity contribution in [3.05, 3.63) is 12.2 Å². The number of carbonyl (C=O) groups is 1. The Hall–Kier alpha value is -0.0600. The van der Waals surface area contributed by atoms with E-state index in [2.05, 4.69) is 22.6 Å². The van der Waals surface area contributed by atoms with Gasteiger partial charge in [0.25, 0.3) is 0 Å². The number of allylic oxidation sites excluding steroid dienone is 1. The van der Waals surface area contributed by atoms with Crippen LogP contribution in [0.4, 0.5) is 0 Å². The van der Waals surface area contributed by atoms with Gasteiger partial charge in [-0.25, -0.2) is 4.79 Å². The molecule has 2 atom stereocenters. The first-order valence-electron chi connectivity index (χ1n) is 5.19. The fourth-order valence-corrected chi connectivity index (χ4v) is 2.85. The Labute approximate surface area is 99.2 Å². The third kappa shape index (κ3) is 4.44. The second-order valence-corrected chi connectivity index (χ2v) is 5.43. The summed E-state index contributed by atoms with van der Waals surface area (Å²) in [6.45, 7) is 2.28. The van der Waals surface area contributed by atoms with E-state index in [1.54, 1.807) is 6.08 Å². The summed E-state index contributed by atoms with van der Waals surface area (Å²) in [6, 6.07) is 0. The minimum absolute atomic E-state index is 0.212. The highest BCUT2D eigenvalue weighted by atomic mass is 127. The summed E-state index contributed by atoms with van der Waals surface area (Å²) in [7, 11) is 0. The molecule has 0 heterocycles. The molecule has 0 aromatic rings. The normalized spacial score (nSPS) is 27.0. The number of alkyl halides is 1. The van der Waals surface area contributed by atoms with Crippen LogP contribution in [-0.4, -0.2) is 16.5 Å². The van der Waals surface area contributed by atoms with Crippen LogP contribution in [0.5, 0.6) is 0 Å².